The number of hydrogen-bond acceptors (Lipinski definition) is 3. The first-order valence-electron chi connectivity index (χ1n) is 9.29. The minimum atomic E-state index is -0.269. The highest BCUT2D eigenvalue weighted by Crippen LogP contribution is 2.17. The van der Waals surface area contributed by atoms with Crippen LogP contribution < -0.4 is 21.3 Å². The Morgan fingerprint density at radius 1 is 0.923 bits per heavy atom. The van der Waals surface area contributed by atoms with Crippen LogP contribution in [-0.2, 0) is 9.59 Å². The van der Waals surface area contributed by atoms with E-state index in [-0.39, 0.29) is 36.9 Å². The Hall–Kier alpha value is -2.57. The minimum absolute atomic E-state index is 0.0661. The van der Waals surface area contributed by atoms with Gasteiger partial charge >= 0.3 is 6.03 Å². The second-order valence-corrected chi connectivity index (χ2v) is 6.53. The van der Waals surface area contributed by atoms with Crippen molar-refractivity contribution in [1.82, 2.24) is 16.0 Å². The Morgan fingerprint density at radius 3 is 2.38 bits per heavy atom. The molecule has 0 aromatic heterocycles. The Labute approximate surface area is 154 Å². The standard InChI is InChI=1S/C19H28N4O3/c24-17(21-14-18(25)22-15-8-3-1-4-9-15)12-7-13-20-19(26)23-16-10-5-2-6-11-16/h1,3-4,8-9,16H,2,5-7,10-14H2,(H,21,24)(H,22,25)(H2,20,23,26). The molecule has 0 unspecified atom stereocenters. The molecule has 4 amide bonds. The van der Waals surface area contributed by atoms with Gasteiger partial charge in [-0.1, -0.05) is 37.5 Å². The van der Waals surface area contributed by atoms with Crippen LogP contribution in [0.15, 0.2) is 30.3 Å². The lowest BCUT2D eigenvalue weighted by Gasteiger charge is -2.22. The number of urea groups is 1. The van der Waals surface area contributed by atoms with E-state index in [9.17, 15) is 14.4 Å². The molecule has 0 spiro atoms. The van der Waals surface area contributed by atoms with Crippen LogP contribution in [0.5, 0.6) is 0 Å². The van der Waals surface area contributed by atoms with Gasteiger partial charge in [-0.3, -0.25) is 9.59 Å². The quantitative estimate of drug-likeness (QED) is 0.535. The number of carbonyl (C=O) groups excluding carboxylic acids is 3. The third-order valence-electron chi connectivity index (χ3n) is 4.31. The van der Waals surface area contributed by atoms with Crippen molar-refractivity contribution >= 4 is 23.5 Å². The zero-order chi connectivity index (χ0) is 18.6. The number of carbonyl (C=O) groups is 3. The molecule has 1 aromatic carbocycles. The van der Waals surface area contributed by atoms with Gasteiger partial charge < -0.3 is 21.3 Å². The molecule has 0 saturated heterocycles. The van der Waals surface area contributed by atoms with Crippen LogP contribution in [0, 0.1) is 0 Å². The van der Waals surface area contributed by atoms with Crippen LogP contribution in [0.2, 0.25) is 0 Å². The molecule has 0 radical (unpaired) electrons. The van der Waals surface area contributed by atoms with E-state index in [0.29, 0.717) is 18.7 Å². The maximum atomic E-state index is 11.8. The molecule has 2 rings (SSSR count). The first kappa shape index (κ1) is 19.8. The zero-order valence-electron chi connectivity index (χ0n) is 15.1. The van der Waals surface area contributed by atoms with Gasteiger partial charge in [-0.2, -0.15) is 0 Å². The summed E-state index contributed by atoms with van der Waals surface area (Å²) < 4.78 is 0. The van der Waals surface area contributed by atoms with E-state index in [4.69, 9.17) is 0 Å². The molecule has 4 N–H and O–H groups in total. The van der Waals surface area contributed by atoms with Gasteiger partial charge in [0.05, 0.1) is 6.54 Å². The SMILES string of the molecule is O=C(CCCNC(=O)NC1CCCCC1)NCC(=O)Nc1ccccc1. The fourth-order valence-corrected chi connectivity index (χ4v) is 2.93. The summed E-state index contributed by atoms with van der Waals surface area (Å²) in [5.41, 5.74) is 0.694. The molecule has 7 heteroatoms. The van der Waals surface area contributed by atoms with Crippen molar-refractivity contribution in [2.45, 2.75) is 51.0 Å². The summed E-state index contributed by atoms with van der Waals surface area (Å²) in [5.74, 6) is -0.475. The average Bonchev–Trinajstić information content (AvgIpc) is 2.65. The highest BCUT2D eigenvalue weighted by atomic mass is 16.2. The number of amides is 4. The van der Waals surface area contributed by atoms with Crippen molar-refractivity contribution in [1.29, 1.82) is 0 Å². The van der Waals surface area contributed by atoms with E-state index in [1.165, 1.54) is 19.3 Å². The van der Waals surface area contributed by atoms with E-state index in [1.807, 2.05) is 18.2 Å². The van der Waals surface area contributed by atoms with Gasteiger partial charge in [0.1, 0.15) is 0 Å². The number of para-hydroxylation sites is 1. The van der Waals surface area contributed by atoms with Crippen molar-refractivity contribution in [2.24, 2.45) is 0 Å². The topological polar surface area (TPSA) is 99.3 Å². The number of nitrogens with one attached hydrogen (secondary N) is 4. The first-order chi connectivity index (χ1) is 12.6. The van der Waals surface area contributed by atoms with Crippen LogP contribution in [0.25, 0.3) is 0 Å². The monoisotopic (exact) mass is 360 g/mol. The van der Waals surface area contributed by atoms with E-state index < -0.39 is 0 Å². The summed E-state index contributed by atoms with van der Waals surface area (Å²) >= 11 is 0. The van der Waals surface area contributed by atoms with Crippen molar-refractivity contribution in [3.63, 3.8) is 0 Å². The smallest absolute Gasteiger partial charge is 0.315 e. The van der Waals surface area contributed by atoms with Crippen LogP contribution in [0.3, 0.4) is 0 Å². The normalized spacial score (nSPS) is 14.3. The predicted octanol–water partition coefficient (Wildman–Crippen LogP) is 2.15. The molecule has 142 valence electrons. The average molecular weight is 360 g/mol. The van der Waals surface area contributed by atoms with E-state index >= 15 is 0 Å². The molecule has 0 heterocycles. The predicted molar refractivity (Wildman–Crippen MR) is 101 cm³/mol. The maximum Gasteiger partial charge on any atom is 0.315 e. The summed E-state index contributed by atoms with van der Waals surface area (Å²) in [6, 6.07) is 9.18. The summed E-state index contributed by atoms with van der Waals surface area (Å²) in [6.45, 7) is 0.367. The second-order valence-electron chi connectivity index (χ2n) is 6.53. The molecule has 1 aliphatic rings. The van der Waals surface area contributed by atoms with E-state index in [2.05, 4.69) is 21.3 Å². The molecular weight excluding hydrogens is 332 g/mol. The van der Waals surface area contributed by atoms with Crippen molar-refractivity contribution in [3.8, 4) is 0 Å². The van der Waals surface area contributed by atoms with Gasteiger partial charge in [-0.25, -0.2) is 4.79 Å². The third-order valence-corrected chi connectivity index (χ3v) is 4.31. The Morgan fingerprint density at radius 2 is 1.65 bits per heavy atom. The molecule has 1 aliphatic carbocycles. The molecule has 0 atom stereocenters. The summed E-state index contributed by atoms with van der Waals surface area (Å²) in [6.07, 6.45) is 6.47. The van der Waals surface area contributed by atoms with Gasteiger partial charge in [0, 0.05) is 24.7 Å². The summed E-state index contributed by atoms with van der Waals surface area (Å²) in [5, 5.41) is 11.0. The molecule has 1 saturated carbocycles. The zero-order valence-corrected chi connectivity index (χ0v) is 15.1. The number of hydrogen-bond donors (Lipinski definition) is 4. The minimum Gasteiger partial charge on any atom is -0.347 e. The van der Waals surface area contributed by atoms with Crippen LogP contribution >= 0.6 is 0 Å². The van der Waals surface area contributed by atoms with Gasteiger partial charge in [0.15, 0.2) is 0 Å². The maximum absolute atomic E-state index is 11.8. The van der Waals surface area contributed by atoms with Gasteiger partial charge in [0.25, 0.3) is 0 Å². The highest BCUT2D eigenvalue weighted by Gasteiger charge is 2.15. The molecule has 1 aromatic rings. The van der Waals surface area contributed by atoms with Gasteiger partial charge in [-0.05, 0) is 31.4 Å². The lowest BCUT2D eigenvalue weighted by atomic mass is 9.96. The van der Waals surface area contributed by atoms with Crippen molar-refractivity contribution < 1.29 is 14.4 Å². The highest BCUT2D eigenvalue weighted by molar-refractivity contribution is 5.94. The van der Waals surface area contributed by atoms with Crippen LogP contribution in [-0.4, -0.2) is 37.0 Å². The van der Waals surface area contributed by atoms with Crippen LogP contribution in [0.1, 0.15) is 44.9 Å². The fraction of sp³-hybridized carbons (Fsp3) is 0.526. The largest absolute Gasteiger partial charge is 0.347 e. The van der Waals surface area contributed by atoms with Gasteiger partial charge in [-0.15, -0.1) is 0 Å². The molecule has 26 heavy (non-hydrogen) atoms. The Kier molecular flexibility index (Phi) is 8.45. The molecule has 7 nitrogen and oxygen atoms in total. The molecule has 1 fully saturated rings. The number of benzene rings is 1. The van der Waals surface area contributed by atoms with Gasteiger partial charge in [0.2, 0.25) is 11.8 Å². The molecule has 0 bridgehead atoms. The Bertz CT molecular complexity index is 586. The lowest BCUT2D eigenvalue weighted by Crippen LogP contribution is -2.43. The fourth-order valence-electron chi connectivity index (χ4n) is 2.93. The second kappa shape index (κ2) is 11.1. The van der Waals surface area contributed by atoms with Crippen molar-refractivity contribution in [2.75, 3.05) is 18.4 Å². The molecular formula is C19H28N4O3. The Balaban J connectivity index is 1.50. The number of rotatable bonds is 8. The van der Waals surface area contributed by atoms with Crippen molar-refractivity contribution in [3.05, 3.63) is 30.3 Å². The summed E-state index contributed by atoms with van der Waals surface area (Å²) in [4.78, 5) is 35.2. The third kappa shape index (κ3) is 8.00. The lowest BCUT2D eigenvalue weighted by molar-refractivity contribution is -0.124. The molecule has 0 aliphatic heterocycles. The first-order valence-corrected chi connectivity index (χ1v) is 9.29. The van der Waals surface area contributed by atoms with E-state index in [1.54, 1.807) is 12.1 Å². The van der Waals surface area contributed by atoms with E-state index in [0.717, 1.165) is 12.8 Å². The summed E-state index contributed by atoms with van der Waals surface area (Å²) in [7, 11) is 0. The van der Waals surface area contributed by atoms with Crippen LogP contribution in [0.4, 0.5) is 10.5 Å². The number of anilines is 1.